The summed E-state index contributed by atoms with van der Waals surface area (Å²) in [5.41, 5.74) is 2.05. The van der Waals surface area contributed by atoms with Gasteiger partial charge in [-0.25, -0.2) is 8.78 Å². The number of fused-ring (bicyclic) bond motifs is 1. The smallest absolute Gasteiger partial charge is 0.292 e. The van der Waals surface area contributed by atoms with Crippen molar-refractivity contribution in [3.8, 4) is 0 Å². The van der Waals surface area contributed by atoms with Crippen LogP contribution in [0.4, 0.5) is 8.78 Å². The van der Waals surface area contributed by atoms with Crippen LogP contribution in [0, 0.1) is 18.6 Å². The van der Waals surface area contributed by atoms with E-state index in [1.807, 2.05) is 12.1 Å². The van der Waals surface area contributed by atoms with E-state index in [9.17, 15) is 18.4 Å². The molecule has 128 valence electrons. The molecule has 0 aliphatic heterocycles. The third kappa shape index (κ3) is 3.15. The number of aryl methyl sites for hydroxylation is 1. The van der Waals surface area contributed by atoms with Crippen molar-refractivity contribution in [3.63, 3.8) is 0 Å². The van der Waals surface area contributed by atoms with Crippen LogP contribution in [-0.2, 0) is 4.79 Å². The van der Waals surface area contributed by atoms with Gasteiger partial charge in [-0.15, -0.1) is 0 Å². The van der Waals surface area contributed by atoms with Crippen molar-refractivity contribution in [2.75, 3.05) is 0 Å². The van der Waals surface area contributed by atoms with E-state index in [2.05, 4.69) is 10.3 Å². The molecule has 0 saturated carbocycles. The van der Waals surface area contributed by atoms with E-state index in [1.54, 1.807) is 26.0 Å². The SMILES string of the molecule is Cc1[nH]c2ccccc2c1C(=O)C(=O)NC(C)c1ccc(F)c(F)c1. The third-order valence-corrected chi connectivity index (χ3v) is 4.12. The molecule has 0 saturated heterocycles. The van der Waals surface area contributed by atoms with Gasteiger partial charge in [0.2, 0.25) is 0 Å². The number of ketones is 1. The molecular weight excluding hydrogens is 326 g/mol. The minimum atomic E-state index is -1.00. The van der Waals surface area contributed by atoms with E-state index in [0.717, 1.165) is 17.6 Å². The molecule has 1 heterocycles. The molecule has 3 rings (SSSR count). The van der Waals surface area contributed by atoms with Gasteiger partial charge in [0.15, 0.2) is 11.6 Å². The Morgan fingerprint density at radius 3 is 2.52 bits per heavy atom. The first-order valence-electron chi connectivity index (χ1n) is 7.76. The number of benzene rings is 2. The van der Waals surface area contributed by atoms with Crippen molar-refractivity contribution in [1.82, 2.24) is 10.3 Å². The molecule has 0 spiro atoms. The number of hydrogen-bond acceptors (Lipinski definition) is 2. The highest BCUT2D eigenvalue weighted by atomic mass is 19.2. The van der Waals surface area contributed by atoms with Crippen LogP contribution in [-0.4, -0.2) is 16.7 Å². The number of carbonyl (C=O) groups is 2. The molecule has 0 radical (unpaired) electrons. The Balaban J connectivity index is 1.83. The molecule has 2 aromatic carbocycles. The zero-order valence-corrected chi connectivity index (χ0v) is 13.7. The predicted octanol–water partition coefficient (Wildman–Crippen LogP) is 3.81. The number of nitrogens with one attached hydrogen (secondary N) is 2. The Hall–Kier alpha value is -3.02. The number of hydrogen-bond donors (Lipinski definition) is 2. The van der Waals surface area contributed by atoms with Gasteiger partial charge in [-0.1, -0.05) is 24.3 Å². The zero-order valence-electron chi connectivity index (χ0n) is 13.7. The highest BCUT2D eigenvalue weighted by Gasteiger charge is 2.24. The lowest BCUT2D eigenvalue weighted by Gasteiger charge is -2.14. The third-order valence-electron chi connectivity index (χ3n) is 4.12. The lowest BCUT2D eigenvalue weighted by molar-refractivity contribution is -0.117. The first-order chi connectivity index (χ1) is 11.9. The van der Waals surface area contributed by atoms with Crippen molar-refractivity contribution in [1.29, 1.82) is 0 Å². The Kier molecular flexibility index (Phi) is 4.35. The lowest BCUT2D eigenvalue weighted by Crippen LogP contribution is -2.33. The average molecular weight is 342 g/mol. The summed E-state index contributed by atoms with van der Waals surface area (Å²) in [5, 5.41) is 3.20. The van der Waals surface area contributed by atoms with E-state index in [1.165, 1.54) is 6.07 Å². The van der Waals surface area contributed by atoms with Crippen LogP contribution in [0.25, 0.3) is 10.9 Å². The normalized spacial score (nSPS) is 12.2. The first kappa shape index (κ1) is 16.8. The number of aromatic nitrogens is 1. The maximum Gasteiger partial charge on any atom is 0.292 e. The van der Waals surface area contributed by atoms with E-state index >= 15 is 0 Å². The van der Waals surface area contributed by atoms with Crippen molar-refractivity contribution < 1.29 is 18.4 Å². The fourth-order valence-electron chi connectivity index (χ4n) is 2.81. The summed E-state index contributed by atoms with van der Waals surface area (Å²) in [6.07, 6.45) is 0. The number of Topliss-reactive ketones (excluding diaryl/α,β-unsaturated/α-hetero) is 1. The van der Waals surface area contributed by atoms with Crippen molar-refractivity contribution in [2.45, 2.75) is 19.9 Å². The standard InChI is InChI=1S/C19H16F2N2O2/c1-10(12-7-8-14(20)15(21)9-12)23-19(25)18(24)17-11(2)22-16-6-4-3-5-13(16)17/h3-10,22H,1-2H3,(H,23,25). The highest BCUT2D eigenvalue weighted by Crippen LogP contribution is 2.23. The van der Waals surface area contributed by atoms with E-state index in [0.29, 0.717) is 22.2 Å². The summed E-state index contributed by atoms with van der Waals surface area (Å²) in [5.74, 6) is -3.44. The second-order valence-electron chi connectivity index (χ2n) is 5.87. The van der Waals surface area contributed by atoms with Gasteiger partial charge in [-0.2, -0.15) is 0 Å². The van der Waals surface area contributed by atoms with Crippen LogP contribution in [0.15, 0.2) is 42.5 Å². The van der Waals surface area contributed by atoms with Gasteiger partial charge in [-0.05, 0) is 37.6 Å². The zero-order chi connectivity index (χ0) is 18.1. The Labute approximate surface area is 142 Å². The number of amides is 1. The second-order valence-corrected chi connectivity index (χ2v) is 5.87. The monoisotopic (exact) mass is 342 g/mol. The quantitative estimate of drug-likeness (QED) is 0.559. The van der Waals surface area contributed by atoms with Gasteiger partial charge in [0.25, 0.3) is 11.7 Å². The van der Waals surface area contributed by atoms with E-state index < -0.39 is 29.4 Å². The maximum atomic E-state index is 13.3. The van der Waals surface area contributed by atoms with E-state index in [-0.39, 0.29) is 0 Å². The summed E-state index contributed by atoms with van der Waals surface area (Å²) in [6, 6.07) is 9.91. The van der Waals surface area contributed by atoms with Gasteiger partial charge < -0.3 is 10.3 Å². The largest absolute Gasteiger partial charge is 0.358 e. The summed E-state index contributed by atoms with van der Waals surface area (Å²) in [4.78, 5) is 28.0. The number of H-pyrrole nitrogens is 1. The number of rotatable bonds is 4. The van der Waals surface area contributed by atoms with Crippen LogP contribution >= 0.6 is 0 Å². The number of para-hydroxylation sites is 1. The van der Waals surface area contributed by atoms with Crippen LogP contribution < -0.4 is 5.32 Å². The van der Waals surface area contributed by atoms with Crippen molar-refractivity contribution >= 4 is 22.6 Å². The topological polar surface area (TPSA) is 62.0 Å². The lowest BCUT2D eigenvalue weighted by atomic mass is 10.0. The molecule has 0 aliphatic carbocycles. The van der Waals surface area contributed by atoms with Gasteiger partial charge in [0.1, 0.15) is 0 Å². The fraction of sp³-hybridized carbons (Fsp3) is 0.158. The molecule has 2 N–H and O–H groups in total. The highest BCUT2D eigenvalue weighted by molar-refractivity contribution is 6.45. The number of carbonyl (C=O) groups excluding carboxylic acids is 2. The Morgan fingerprint density at radius 1 is 1.08 bits per heavy atom. The summed E-state index contributed by atoms with van der Waals surface area (Å²) >= 11 is 0. The van der Waals surface area contributed by atoms with Gasteiger partial charge in [0.05, 0.1) is 11.6 Å². The first-order valence-corrected chi connectivity index (χ1v) is 7.76. The van der Waals surface area contributed by atoms with Crippen molar-refractivity contribution in [3.05, 3.63) is 70.9 Å². The molecule has 4 nitrogen and oxygen atoms in total. The molecule has 1 unspecified atom stereocenters. The average Bonchev–Trinajstić information content (AvgIpc) is 2.92. The van der Waals surface area contributed by atoms with E-state index in [4.69, 9.17) is 0 Å². The molecule has 0 aliphatic rings. The molecule has 1 amide bonds. The molecule has 0 fully saturated rings. The molecule has 1 aromatic heterocycles. The van der Waals surface area contributed by atoms with Crippen LogP contribution in [0.5, 0.6) is 0 Å². The molecule has 25 heavy (non-hydrogen) atoms. The minimum Gasteiger partial charge on any atom is -0.358 e. The number of aromatic amines is 1. The maximum absolute atomic E-state index is 13.3. The van der Waals surface area contributed by atoms with Gasteiger partial charge in [-0.3, -0.25) is 9.59 Å². The molecule has 0 bridgehead atoms. The summed E-state index contributed by atoms with van der Waals surface area (Å²) < 4.78 is 26.3. The second kappa shape index (κ2) is 6.47. The fourth-order valence-corrected chi connectivity index (χ4v) is 2.81. The number of halogens is 2. The minimum absolute atomic E-state index is 0.311. The van der Waals surface area contributed by atoms with Crippen LogP contribution in [0.2, 0.25) is 0 Å². The Morgan fingerprint density at radius 2 is 1.80 bits per heavy atom. The summed E-state index contributed by atoms with van der Waals surface area (Å²) in [6.45, 7) is 3.32. The molecule has 6 heteroatoms. The van der Waals surface area contributed by atoms with Crippen LogP contribution in [0.3, 0.4) is 0 Å². The van der Waals surface area contributed by atoms with Gasteiger partial charge >= 0.3 is 0 Å². The van der Waals surface area contributed by atoms with Crippen molar-refractivity contribution in [2.24, 2.45) is 0 Å². The molecular formula is C19H16F2N2O2. The molecule has 3 aromatic rings. The summed E-state index contributed by atoms with van der Waals surface area (Å²) in [7, 11) is 0. The van der Waals surface area contributed by atoms with Crippen LogP contribution in [0.1, 0.15) is 34.6 Å². The van der Waals surface area contributed by atoms with Gasteiger partial charge in [0, 0.05) is 16.6 Å². The Bertz CT molecular complexity index is 979. The predicted molar refractivity (Wildman–Crippen MR) is 90.3 cm³/mol. The molecule has 1 atom stereocenters.